The molecule has 5 nitrogen and oxygen atoms in total. The highest BCUT2D eigenvalue weighted by molar-refractivity contribution is 7.98. The third kappa shape index (κ3) is 3.71. The third-order valence-corrected chi connectivity index (χ3v) is 5.98. The first-order valence-corrected chi connectivity index (χ1v) is 10.3. The van der Waals surface area contributed by atoms with Gasteiger partial charge in [-0.2, -0.15) is 0 Å². The second kappa shape index (κ2) is 7.72. The van der Waals surface area contributed by atoms with Crippen molar-refractivity contribution in [3.63, 3.8) is 0 Å². The number of hydrogen-bond donors (Lipinski definition) is 0. The lowest BCUT2D eigenvalue weighted by atomic mass is 10.2. The summed E-state index contributed by atoms with van der Waals surface area (Å²) in [6.07, 6.45) is 3.32. The molecule has 0 fully saturated rings. The van der Waals surface area contributed by atoms with Gasteiger partial charge in [0.25, 0.3) is 5.56 Å². The lowest BCUT2D eigenvalue weighted by Crippen LogP contribution is -2.22. The Morgan fingerprint density at radius 3 is 3.00 bits per heavy atom. The maximum atomic E-state index is 12.8. The lowest BCUT2D eigenvalue weighted by Gasteiger charge is -2.11. The molecule has 0 amide bonds. The van der Waals surface area contributed by atoms with Crippen LogP contribution in [0.2, 0.25) is 5.02 Å². The number of rotatable bonds is 6. The van der Waals surface area contributed by atoms with Crippen LogP contribution in [0.25, 0.3) is 21.7 Å². The first-order valence-electron chi connectivity index (χ1n) is 8.08. The number of hydrogen-bond acceptors (Lipinski definition) is 6. The van der Waals surface area contributed by atoms with Crippen LogP contribution < -0.4 is 5.56 Å². The highest BCUT2D eigenvalue weighted by Gasteiger charge is 2.13. The average Bonchev–Trinajstić information content (AvgIpc) is 3.34. The van der Waals surface area contributed by atoms with Gasteiger partial charge >= 0.3 is 0 Å². The van der Waals surface area contributed by atoms with Crippen LogP contribution in [0.15, 0.2) is 69.0 Å². The molecule has 0 saturated heterocycles. The molecule has 3 heterocycles. The van der Waals surface area contributed by atoms with Crippen molar-refractivity contribution in [2.24, 2.45) is 0 Å². The molecule has 0 unspecified atom stereocenters. The fourth-order valence-corrected chi connectivity index (χ4v) is 4.56. The van der Waals surface area contributed by atoms with E-state index in [2.05, 4.69) is 16.5 Å². The van der Waals surface area contributed by atoms with Gasteiger partial charge in [-0.25, -0.2) is 9.97 Å². The van der Waals surface area contributed by atoms with Crippen molar-refractivity contribution in [1.82, 2.24) is 14.5 Å². The van der Waals surface area contributed by atoms with Gasteiger partial charge in [0.15, 0.2) is 15.9 Å². The van der Waals surface area contributed by atoms with Crippen LogP contribution in [0, 0.1) is 0 Å². The summed E-state index contributed by atoms with van der Waals surface area (Å²) in [4.78, 5) is 22.0. The Balaban J connectivity index is 1.65. The Kier molecular flexibility index (Phi) is 5.15. The Bertz CT molecular complexity index is 1170. The maximum absolute atomic E-state index is 12.8. The van der Waals surface area contributed by atoms with Crippen molar-refractivity contribution < 1.29 is 4.42 Å². The van der Waals surface area contributed by atoms with E-state index in [0.29, 0.717) is 33.4 Å². The number of thiazole rings is 1. The summed E-state index contributed by atoms with van der Waals surface area (Å²) < 4.78 is 7.00. The van der Waals surface area contributed by atoms with Gasteiger partial charge < -0.3 is 4.42 Å². The van der Waals surface area contributed by atoms with E-state index >= 15 is 0 Å². The predicted molar refractivity (Wildman–Crippen MR) is 111 cm³/mol. The van der Waals surface area contributed by atoms with Crippen LogP contribution >= 0.6 is 34.7 Å². The van der Waals surface area contributed by atoms with E-state index in [9.17, 15) is 4.79 Å². The van der Waals surface area contributed by atoms with E-state index in [1.807, 2.05) is 17.5 Å². The minimum atomic E-state index is -0.103. The summed E-state index contributed by atoms with van der Waals surface area (Å²) >= 11 is 9.04. The smallest absolute Gasteiger partial charge is 0.262 e. The monoisotopic (exact) mass is 415 g/mol. The molecule has 0 aliphatic rings. The van der Waals surface area contributed by atoms with Crippen molar-refractivity contribution in [1.29, 1.82) is 0 Å². The molecule has 0 radical (unpaired) electrons. The molecule has 0 saturated carbocycles. The normalized spacial score (nSPS) is 11.1. The molecule has 0 atom stereocenters. The van der Waals surface area contributed by atoms with E-state index in [1.54, 1.807) is 35.1 Å². The van der Waals surface area contributed by atoms with Gasteiger partial charge in [0.2, 0.25) is 0 Å². The fraction of sp³-hybridized carbons (Fsp3) is 0.105. The predicted octanol–water partition coefficient (Wildman–Crippen LogP) is 5.24. The van der Waals surface area contributed by atoms with Gasteiger partial charge in [-0.1, -0.05) is 29.4 Å². The van der Waals surface area contributed by atoms with E-state index < -0.39 is 0 Å². The van der Waals surface area contributed by atoms with E-state index in [1.165, 1.54) is 23.1 Å². The molecular formula is C19H14ClN3O2S2. The van der Waals surface area contributed by atoms with Gasteiger partial charge in [0, 0.05) is 22.7 Å². The number of allylic oxidation sites excluding steroid dienone is 1. The van der Waals surface area contributed by atoms with Crippen LogP contribution in [-0.2, 0) is 12.3 Å². The standard InChI is InChI=1S/C19H14ClN3O2S2/c1-2-7-23-18(24)14-6-5-12(20)9-15(14)22-19(23)27-11-13-10-26-17(21-13)16-4-3-8-25-16/h2-6,8-10H,1,7,11H2. The average molecular weight is 416 g/mol. The first-order chi connectivity index (χ1) is 13.2. The molecule has 136 valence electrons. The fourth-order valence-electron chi connectivity index (χ4n) is 2.60. The molecule has 27 heavy (non-hydrogen) atoms. The van der Waals surface area contributed by atoms with E-state index in [4.69, 9.17) is 16.0 Å². The molecule has 4 rings (SSSR count). The zero-order valence-electron chi connectivity index (χ0n) is 14.1. The minimum Gasteiger partial charge on any atom is -0.462 e. The molecule has 0 N–H and O–H groups in total. The number of nitrogens with zero attached hydrogens (tertiary/aromatic N) is 3. The Morgan fingerprint density at radius 2 is 2.22 bits per heavy atom. The Morgan fingerprint density at radius 1 is 1.33 bits per heavy atom. The molecule has 3 aromatic heterocycles. The van der Waals surface area contributed by atoms with E-state index in [0.717, 1.165) is 16.5 Å². The van der Waals surface area contributed by atoms with Crippen molar-refractivity contribution >= 4 is 45.6 Å². The number of thioether (sulfide) groups is 1. The molecule has 8 heteroatoms. The zero-order valence-corrected chi connectivity index (χ0v) is 16.5. The van der Waals surface area contributed by atoms with Gasteiger partial charge in [0.05, 0.1) is 22.9 Å². The number of aromatic nitrogens is 3. The second-order valence-corrected chi connectivity index (χ2v) is 7.91. The van der Waals surface area contributed by atoms with Crippen LogP contribution in [0.3, 0.4) is 0 Å². The topological polar surface area (TPSA) is 60.9 Å². The maximum Gasteiger partial charge on any atom is 0.262 e. The summed E-state index contributed by atoms with van der Waals surface area (Å²) in [5, 5.41) is 4.52. The largest absolute Gasteiger partial charge is 0.462 e. The molecule has 4 aromatic rings. The summed E-state index contributed by atoms with van der Waals surface area (Å²) in [5.41, 5.74) is 1.39. The quantitative estimate of drug-likeness (QED) is 0.244. The van der Waals surface area contributed by atoms with E-state index in [-0.39, 0.29) is 5.56 Å². The molecule has 0 aliphatic carbocycles. The van der Waals surface area contributed by atoms with Crippen molar-refractivity contribution in [2.75, 3.05) is 0 Å². The minimum absolute atomic E-state index is 0.103. The van der Waals surface area contributed by atoms with Crippen molar-refractivity contribution in [3.05, 3.63) is 75.7 Å². The zero-order chi connectivity index (χ0) is 18.8. The number of benzene rings is 1. The summed E-state index contributed by atoms with van der Waals surface area (Å²) in [6, 6.07) is 8.83. The van der Waals surface area contributed by atoms with Crippen LogP contribution in [0.1, 0.15) is 5.69 Å². The second-order valence-electron chi connectivity index (χ2n) is 5.67. The molecule has 0 aliphatic heterocycles. The van der Waals surface area contributed by atoms with Gasteiger partial charge in [-0.15, -0.1) is 17.9 Å². The third-order valence-electron chi connectivity index (χ3n) is 3.83. The number of fused-ring (bicyclic) bond motifs is 1. The molecule has 0 spiro atoms. The van der Waals surface area contributed by atoms with Gasteiger partial charge in [0.1, 0.15) is 0 Å². The summed E-state index contributed by atoms with van der Waals surface area (Å²) in [6.45, 7) is 4.13. The SMILES string of the molecule is C=CCn1c(SCc2csc(-c3ccco3)n2)nc2cc(Cl)ccc2c1=O. The summed E-state index contributed by atoms with van der Waals surface area (Å²) in [5.74, 6) is 1.34. The Labute approximate surface area is 168 Å². The highest BCUT2D eigenvalue weighted by Crippen LogP contribution is 2.28. The van der Waals surface area contributed by atoms with Crippen LogP contribution in [-0.4, -0.2) is 14.5 Å². The molecular weight excluding hydrogens is 402 g/mol. The van der Waals surface area contributed by atoms with Crippen molar-refractivity contribution in [3.8, 4) is 10.8 Å². The van der Waals surface area contributed by atoms with Crippen LogP contribution in [0.5, 0.6) is 0 Å². The molecule has 0 bridgehead atoms. The lowest BCUT2D eigenvalue weighted by molar-refractivity contribution is 0.581. The van der Waals surface area contributed by atoms with Gasteiger partial charge in [-0.3, -0.25) is 9.36 Å². The number of furan rings is 1. The first kappa shape index (κ1) is 18.0. The summed E-state index contributed by atoms with van der Waals surface area (Å²) in [7, 11) is 0. The highest BCUT2D eigenvalue weighted by atomic mass is 35.5. The molecule has 1 aromatic carbocycles. The van der Waals surface area contributed by atoms with Crippen molar-refractivity contribution in [2.45, 2.75) is 17.5 Å². The van der Waals surface area contributed by atoms with Gasteiger partial charge in [-0.05, 0) is 30.3 Å². The van der Waals surface area contributed by atoms with Crippen LogP contribution in [0.4, 0.5) is 0 Å². The number of halogens is 1. The Hall–Kier alpha value is -2.35.